The second kappa shape index (κ2) is 6.24. The molecule has 20 heavy (non-hydrogen) atoms. The summed E-state index contributed by atoms with van der Waals surface area (Å²) < 4.78 is 27.2. The van der Waals surface area contributed by atoms with Crippen molar-refractivity contribution in [3.8, 4) is 0 Å². The molecule has 1 unspecified atom stereocenters. The van der Waals surface area contributed by atoms with E-state index in [4.69, 9.17) is 0 Å². The summed E-state index contributed by atoms with van der Waals surface area (Å²) in [5.74, 6) is -0.130. The molecule has 1 heterocycles. The molecular formula is C13H17BrN2O3S. The Labute approximate surface area is 127 Å². The predicted molar refractivity (Wildman–Crippen MR) is 79.7 cm³/mol. The number of carbonyl (C=O) groups excluding carboxylic acids is 1. The summed E-state index contributed by atoms with van der Waals surface area (Å²) >= 11 is 3.28. The highest BCUT2D eigenvalue weighted by Crippen LogP contribution is 2.26. The molecule has 1 amide bonds. The van der Waals surface area contributed by atoms with Crippen molar-refractivity contribution in [2.45, 2.75) is 30.7 Å². The monoisotopic (exact) mass is 360 g/mol. The van der Waals surface area contributed by atoms with Crippen LogP contribution in [-0.2, 0) is 14.8 Å². The fourth-order valence-electron chi connectivity index (χ4n) is 2.36. The van der Waals surface area contributed by atoms with Gasteiger partial charge in [0.1, 0.15) is 0 Å². The normalized spacial score (nSPS) is 20.6. The van der Waals surface area contributed by atoms with E-state index in [1.807, 2.05) is 0 Å². The van der Waals surface area contributed by atoms with E-state index in [-0.39, 0.29) is 16.8 Å². The minimum atomic E-state index is -3.53. The van der Waals surface area contributed by atoms with Crippen LogP contribution in [0.3, 0.4) is 0 Å². The summed E-state index contributed by atoms with van der Waals surface area (Å²) in [5, 5.41) is 2.79. The van der Waals surface area contributed by atoms with Gasteiger partial charge in [0.25, 0.3) is 0 Å². The van der Waals surface area contributed by atoms with Gasteiger partial charge < -0.3 is 5.32 Å². The molecule has 2 rings (SSSR count). The van der Waals surface area contributed by atoms with Crippen molar-refractivity contribution in [3.63, 3.8) is 0 Å². The smallest absolute Gasteiger partial charge is 0.244 e. The van der Waals surface area contributed by atoms with Crippen LogP contribution in [0.2, 0.25) is 0 Å². The minimum absolute atomic E-state index is 0.112. The largest absolute Gasteiger partial charge is 0.352 e. The van der Waals surface area contributed by atoms with Crippen LogP contribution in [0.1, 0.15) is 19.8 Å². The second-order valence-corrected chi connectivity index (χ2v) is 7.59. The summed E-state index contributed by atoms with van der Waals surface area (Å²) in [5.41, 5.74) is 0. The van der Waals surface area contributed by atoms with Crippen LogP contribution in [-0.4, -0.2) is 37.8 Å². The van der Waals surface area contributed by atoms with Crippen LogP contribution in [0.15, 0.2) is 33.6 Å². The average molecular weight is 361 g/mol. The molecule has 1 aromatic carbocycles. The number of halogens is 1. The molecule has 7 heteroatoms. The van der Waals surface area contributed by atoms with Crippen molar-refractivity contribution < 1.29 is 13.2 Å². The molecular weight excluding hydrogens is 344 g/mol. The van der Waals surface area contributed by atoms with E-state index in [1.165, 1.54) is 11.2 Å². The number of rotatable bonds is 3. The molecule has 0 saturated carbocycles. The lowest BCUT2D eigenvalue weighted by atomic mass is 10.1. The molecule has 1 aliphatic rings. The van der Waals surface area contributed by atoms with Gasteiger partial charge in [0.2, 0.25) is 15.9 Å². The predicted octanol–water partition coefficient (Wildman–Crippen LogP) is 1.74. The van der Waals surface area contributed by atoms with Crippen molar-refractivity contribution in [1.29, 1.82) is 0 Å². The quantitative estimate of drug-likeness (QED) is 0.892. The molecule has 1 fully saturated rings. The van der Waals surface area contributed by atoms with Crippen LogP contribution >= 0.6 is 15.9 Å². The zero-order valence-electron chi connectivity index (χ0n) is 11.2. The van der Waals surface area contributed by atoms with E-state index >= 15 is 0 Å². The molecule has 1 atom stereocenters. The summed E-state index contributed by atoms with van der Waals surface area (Å²) in [6.07, 6.45) is 1.55. The fraction of sp³-hybridized carbons (Fsp3) is 0.462. The summed E-state index contributed by atoms with van der Waals surface area (Å²) in [4.78, 5) is 11.4. The zero-order valence-corrected chi connectivity index (χ0v) is 13.6. The maximum atomic E-state index is 12.6. The number of nitrogens with one attached hydrogen (secondary N) is 1. The van der Waals surface area contributed by atoms with E-state index in [9.17, 15) is 13.2 Å². The molecule has 0 aliphatic carbocycles. The van der Waals surface area contributed by atoms with Crippen LogP contribution in [0.4, 0.5) is 0 Å². The van der Waals surface area contributed by atoms with Gasteiger partial charge in [-0.15, -0.1) is 0 Å². The van der Waals surface area contributed by atoms with Crippen LogP contribution in [0, 0.1) is 0 Å². The maximum absolute atomic E-state index is 12.6. The Bertz CT molecular complexity index is 603. The zero-order chi connectivity index (χ0) is 14.8. The van der Waals surface area contributed by atoms with Gasteiger partial charge in [-0.2, -0.15) is 4.31 Å². The first kappa shape index (κ1) is 15.5. The first-order chi connectivity index (χ1) is 9.41. The van der Waals surface area contributed by atoms with E-state index < -0.39 is 10.0 Å². The van der Waals surface area contributed by atoms with Crippen molar-refractivity contribution in [2.75, 3.05) is 13.1 Å². The molecule has 0 aromatic heterocycles. The Morgan fingerprint density at radius 1 is 1.40 bits per heavy atom. The molecule has 5 nitrogen and oxygen atoms in total. The number of hydrogen-bond donors (Lipinski definition) is 1. The lowest BCUT2D eigenvalue weighted by Gasteiger charge is -2.32. The topological polar surface area (TPSA) is 66.5 Å². The Hall–Kier alpha value is -0.920. The third kappa shape index (κ3) is 3.39. The van der Waals surface area contributed by atoms with Gasteiger partial charge in [0.05, 0.1) is 4.90 Å². The standard InChI is InChI=1S/C13H17BrN2O3S/c1-10(17)15-11-5-4-8-16(9-11)20(18,19)13-7-3-2-6-12(13)14/h2-3,6-7,11H,4-5,8-9H2,1H3,(H,15,17). The third-order valence-electron chi connectivity index (χ3n) is 3.25. The summed E-state index contributed by atoms with van der Waals surface area (Å²) in [6.45, 7) is 2.25. The highest BCUT2D eigenvalue weighted by molar-refractivity contribution is 9.10. The molecule has 1 N–H and O–H groups in total. The van der Waals surface area contributed by atoms with Crippen molar-refractivity contribution in [2.24, 2.45) is 0 Å². The van der Waals surface area contributed by atoms with Gasteiger partial charge in [-0.1, -0.05) is 12.1 Å². The number of hydrogen-bond acceptors (Lipinski definition) is 3. The number of benzene rings is 1. The Morgan fingerprint density at radius 2 is 2.10 bits per heavy atom. The molecule has 110 valence electrons. The second-order valence-electron chi connectivity index (χ2n) is 4.83. The van der Waals surface area contributed by atoms with Crippen LogP contribution < -0.4 is 5.32 Å². The Morgan fingerprint density at radius 3 is 2.75 bits per heavy atom. The number of amides is 1. The summed E-state index contributed by atoms with van der Waals surface area (Å²) in [6, 6.07) is 6.66. The number of sulfonamides is 1. The Kier molecular flexibility index (Phi) is 4.82. The maximum Gasteiger partial charge on any atom is 0.244 e. The lowest BCUT2D eigenvalue weighted by Crippen LogP contribution is -2.49. The van der Waals surface area contributed by atoms with Gasteiger partial charge in [-0.25, -0.2) is 8.42 Å². The van der Waals surface area contributed by atoms with E-state index in [0.29, 0.717) is 17.6 Å². The van der Waals surface area contributed by atoms with Crippen LogP contribution in [0.25, 0.3) is 0 Å². The SMILES string of the molecule is CC(=O)NC1CCCN(S(=O)(=O)c2ccccc2Br)C1. The molecule has 0 spiro atoms. The number of carbonyl (C=O) groups is 1. The van der Waals surface area contributed by atoms with Crippen molar-refractivity contribution in [1.82, 2.24) is 9.62 Å². The molecule has 1 saturated heterocycles. The van der Waals surface area contributed by atoms with E-state index in [1.54, 1.807) is 24.3 Å². The highest BCUT2D eigenvalue weighted by Gasteiger charge is 2.31. The number of nitrogens with zero attached hydrogens (tertiary/aromatic N) is 1. The van der Waals surface area contributed by atoms with Crippen LogP contribution in [0.5, 0.6) is 0 Å². The van der Waals surface area contributed by atoms with E-state index in [0.717, 1.165) is 12.8 Å². The third-order valence-corrected chi connectivity index (χ3v) is 6.12. The molecule has 0 bridgehead atoms. The molecule has 1 aliphatic heterocycles. The van der Waals surface area contributed by atoms with Gasteiger partial charge >= 0.3 is 0 Å². The summed E-state index contributed by atoms with van der Waals surface area (Å²) in [7, 11) is -3.53. The van der Waals surface area contributed by atoms with E-state index in [2.05, 4.69) is 21.2 Å². The minimum Gasteiger partial charge on any atom is -0.352 e. The molecule has 0 radical (unpaired) electrons. The average Bonchev–Trinajstić information content (AvgIpc) is 2.38. The fourth-order valence-corrected chi connectivity index (χ4v) is 4.85. The van der Waals surface area contributed by atoms with Gasteiger partial charge in [0, 0.05) is 30.5 Å². The number of piperidine rings is 1. The van der Waals surface area contributed by atoms with Crippen molar-refractivity contribution >= 4 is 31.9 Å². The highest BCUT2D eigenvalue weighted by atomic mass is 79.9. The Balaban J connectivity index is 2.22. The van der Waals surface area contributed by atoms with Gasteiger partial charge in [0.15, 0.2) is 0 Å². The van der Waals surface area contributed by atoms with Gasteiger partial charge in [-0.3, -0.25) is 4.79 Å². The van der Waals surface area contributed by atoms with Crippen molar-refractivity contribution in [3.05, 3.63) is 28.7 Å². The first-order valence-electron chi connectivity index (χ1n) is 6.43. The van der Waals surface area contributed by atoms with Gasteiger partial charge in [-0.05, 0) is 40.9 Å². The molecule has 1 aromatic rings. The first-order valence-corrected chi connectivity index (χ1v) is 8.66. The lowest BCUT2D eigenvalue weighted by molar-refractivity contribution is -0.119.